The minimum Gasteiger partial charge on any atom is -0.403 e. The topological polar surface area (TPSA) is 113 Å². The molecule has 3 rings (SSSR count). The van der Waals surface area contributed by atoms with Crippen molar-refractivity contribution in [1.29, 1.82) is 0 Å². The maximum Gasteiger partial charge on any atom is 0.524 e. The number of hydrogen-bond acceptors (Lipinski definition) is 4. The van der Waals surface area contributed by atoms with Crippen molar-refractivity contribution in [3.8, 4) is 17.1 Å². The summed E-state index contributed by atoms with van der Waals surface area (Å²) in [5.41, 5.74) is 0.0413. The molecule has 0 atom stereocenters. The number of aromatic amines is 1. The number of hydrogen-bond donors (Lipinski definition) is 3. The highest BCUT2D eigenvalue weighted by Crippen LogP contribution is 2.42. The Morgan fingerprint density at radius 1 is 1.08 bits per heavy atom. The molecule has 0 fully saturated rings. The summed E-state index contributed by atoms with van der Waals surface area (Å²) >= 11 is 11.8. The van der Waals surface area contributed by atoms with E-state index in [-0.39, 0.29) is 27.5 Å². The SMILES string of the molecule is O=c1nc(-c2cc(Cl)ccc2OP(=O)(O)O)[nH]c2ccc(Cl)cc12. The lowest BCUT2D eigenvalue weighted by atomic mass is 10.1. The van der Waals surface area contributed by atoms with E-state index in [0.29, 0.717) is 10.5 Å². The molecular weight excluding hydrogens is 378 g/mol. The lowest BCUT2D eigenvalue weighted by Crippen LogP contribution is -2.10. The Bertz CT molecular complexity index is 1050. The lowest BCUT2D eigenvalue weighted by Gasteiger charge is -2.12. The standard InChI is InChI=1S/C14H9Cl2N2O5P/c15-7-1-3-11-9(5-7)14(19)18-13(17-11)10-6-8(16)2-4-12(10)23-24(20,21)22/h1-6H,(H,17,18,19)(H2,20,21,22). The molecule has 1 heterocycles. The number of nitrogens with zero attached hydrogens (tertiary/aromatic N) is 1. The van der Waals surface area contributed by atoms with Crippen molar-refractivity contribution in [1.82, 2.24) is 9.97 Å². The molecule has 124 valence electrons. The van der Waals surface area contributed by atoms with E-state index in [2.05, 4.69) is 14.5 Å². The molecule has 10 heteroatoms. The second-order valence-corrected chi connectivity index (χ2v) is 6.84. The van der Waals surface area contributed by atoms with E-state index in [1.165, 1.54) is 24.3 Å². The first-order valence-electron chi connectivity index (χ1n) is 6.47. The summed E-state index contributed by atoms with van der Waals surface area (Å²) in [5, 5.41) is 0.948. The van der Waals surface area contributed by atoms with E-state index in [0.717, 1.165) is 0 Å². The molecule has 0 aliphatic carbocycles. The van der Waals surface area contributed by atoms with Crippen molar-refractivity contribution < 1.29 is 18.9 Å². The van der Waals surface area contributed by atoms with E-state index in [4.69, 9.17) is 33.0 Å². The Morgan fingerprint density at radius 2 is 1.75 bits per heavy atom. The zero-order chi connectivity index (χ0) is 17.5. The molecule has 7 nitrogen and oxygen atoms in total. The normalized spacial score (nSPS) is 11.7. The number of benzene rings is 2. The Labute approximate surface area is 145 Å². The summed E-state index contributed by atoms with van der Waals surface area (Å²) in [6.07, 6.45) is 0. The fourth-order valence-corrected chi connectivity index (χ4v) is 2.90. The van der Waals surface area contributed by atoms with Crippen LogP contribution in [-0.4, -0.2) is 19.8 Å². The lowest BCUT2D eigenvalue weighted by molar-refractivity contribution is 0.283. The first-order chi connectivity index (χ1) is 11.2. The van der Waals surface area contributed by atoms with Crippen LogP contribution in [-0.2, 0) is 4.57 Å². The zero-order valence-electron chi connectivity index (χ0n) is 11.7. The molecule has 0 saturated carbocycles. The molecule has 0 aliphatic rings. The maximum absolute atomic E-state index is 12.2. The van der Waals surface area contributed by atoms with E-state index in [9.17, 15) is 9.36 Å². The van der Waals surface area contributed by atoms with Gasteiger partial charge >= 0.3 is 7.82 Å². The summed E-state index contributed by atoms with van der Waals surface area (Å²) in [4.78, 5) is 37.0. The van der Waals surface area contributed by atoms with Gasteiger partial charge in [-0.15, -0.1) is 0 Å². The number of phosphoric ester groups is 1. The van der Waals surface area contributed by atoms with Gasteiger partial charge in [-0.05, 0) is 36.4 Å². The van der Waals surface area contributed by atoms with Gasteiger partial charge in [0.05, 0.1) is 16.5 Å². The number of phosphoric acid groups is 1. The fraction of sp³-hybridized carbons (Fsp3) is 0. The van der Waals surface area contributed by atoms with Crippen LogP contribution in [0.25, 0.3) is 22.3 Å². The monoisotopic (exact) mass is 386 g/mol. The Balaban J connectivity index is 2.24. The summed E-state index contributed by atoms with van der Waals surface area (Å²) in [5.74, 6) is -0.107. The van der Waals surface area contributed by atoms with Gasteiger partial charge in [-0.2, -0.15) is 4.98 Å². The third-order valence-electron chi connectivity index (χ3n) is 3.09. The summed E-state index contributed by atoms with van der Waals surface area (Å²) < 4.78 is 15.8. The van der Waals surface area contributed by atoms with Crippen LogP contribution in [0.15, 0.2) is 41.2 Å². The van der Waals surface area contributed by atoms with Gasteiger partial charge in [0.2, 0.25) is 0 Å². The second kappa shape index (κ2) is 6.20. The van der Waals surface area contributed by atoms with Crippen molar-refractivity contribution in [2.45, 2.75) is 0 Å². The average molecular weight is 387 g/mol. The molecular formula is C14H9Cl2N2O5P. The number of H-pyrrole nitrogens is 1. The average Bonchev–Trinajstić information content (AvgIpc) is 2.48. The quantitative estimate of drug-likeness (QED) is 0.594. The van der Waals surface area contributed by atoms with Gasteiger partial charge < -0.3 is 9.51 Å². The van der Waals surface area contributed by atoms with E-state index >= 15 is 0 Å². The number of nitrogens with one attached hydrogen (secondary N) is 1. The molecule has 2 aromatic carbocycles. The minimum absolute atomic E-state index is 0.0563. The molecule has 0 saturated heterocycles. The highest BCUT2D eigenvalue weighted by atomic mass is 35.5. The molecule has 0 aliphatic heterocycles. The summed E-state index contributed by atoms with van der Waals surface area (Å²) in [6, 6.07) is 8.72. The largest absolute Gasteiger partial charge is 0.524 e. The molecule has 24 heavy (non-hydrogen) atoms. The first kappa shape index (κ1) is 17.0. The minimum atomic E-state index is -4.80. The second-order valence-electron chi connectivity index (χ2n) is 4.80. The van der Waals surface area contributed by atoms with Gasteiger partial charge in [-0.3, -0.25) is 14.6 Å². The van der Waals surface area contributed by atoms with Crippen LogP contribution in [0.5, 0.6) is 5.75 Å². The summed E-state index contributed by atoms with van der Waals surface area (Å²) in [6.45, 7) is 0. The molecule has 3 N–H and O–H groups in total. The molecule has 0 bridgehead atoms. The third-order valence-corrected chi connectivity index (χ3v) is 4.00. The number of rotatable bonds is 3. The van der Waals surface area contributed by atoms with Crippen LogP contribution in [0.2, 0.25) is 10.0 Å². The van der Waals surface area contributed by atoms with Gasteiger partial charge in [0.15, 0.2) is 0 Å². The molecule has 1 aromatic heterocycles. The van der Waals surface area contributed by atoms with E-state index < -0.39 is 13.4 Å². The van der Waals surface area contributed by atoms with Gasteiger partial charge in [-0.1, -0.05) is 23.2 Å². The smallest absolute Gasteiger partial charge is 0.403 e. The fourth-order valence-electron chi connectivity index (χ4n) is 2.14. The number of aromatic nitrogens is 2. The third kappa shape index (κ3) is 3.61. The predicted molar refractivity (Wildman–Crippen MR) is 90.5 cm³/mol. The molecule has 0 unspecified atom stereocenters. The van der Waals surface area contributed by atoms with Crippen LogP contribution >= 0.6 is 31.0 Å². The van der Waals surface area contributed by atoms with Gasteiger partial charge in [0.1, 0.15) is 11.6 Å². The van der Waals surface area contributed by atoms with Crippen LogP contribution in [0.1, 0.15) is 0 Å². The van der Waals surface area contributed by atoms with Crippen molar-refractivity contribution >= 4 is 41.9 Å². The Kier molecular flexibility index (Phi) is 4.38. The predicted octanol–water partition coefficient (Wildman–Crippen LogP) is 3.37. The van der Waals surface area contributed by atoms with Crippen LogP contribution < -0.4 is 10.1 Å². The van der Waals surface area contributed by atoms with E-state index in [1.54, 1.807) is 12.1 Å². The van der Waals surface area contributed by atoms with Crippen molar-refractivity contribution in [3.05, 3.63) is 56.8 Å². The van der Waals surface area contributed by atoms with Gasteiger partial charge in [-0.25, -0.2) is 4.57 Å². The first-order valence-corrected chi connectivity index (χ1v) is 8.76. The van der Waals surface area contributed by atoms with E-state index in [1.807, 2.05) is 0 Å². The molecule has 0 spiro atoms. The number of fused-ring (bicyclic) bond motifs is 1. The Morgan fingerprint density at radius 3 is 2.46 bits per heavy atom. The van der Waals surface area contributed by atoms with Gasteiger partial charge in [0.25, 0.3) is 5.56 Å². The van der Waals surface area contributed by atoms with Gasteiger partial charge in [0, 0.05) is 10.0 Å². The highest BCUT2D eigenvalue weighted by molar-refractivity contribution is 7.46. The highest BCUT2D eigenvalue weighted by Gasteiger charge is 2.20. The molecule has 3 aromatic rings. The number of halogens is 2. The van der Waals surface area contributed by atoms with Crippen molar-refractivity contribution in [2.75, 3.05) is 0 Å². The van der Waals surface area contributed by atoms with Crippen LogP contribution in [0.4, 0.5) is 0 Å². The van der Waals surface area contributed by atoms with Crippen molar-refractivity contribution in [2.24, 2.45) is 0 Å². The van der Waals surface area contributed by atoms with Crippen molar-refractivity contribution in [3.63, 3.8) is 0 Å². The van der Waals surface area contributed by atoms with Crippen LogP contribution in [0.3, 0.4) is 0 Å². The zero-order valence-corrected chi connectivity index (χ0v) is 14.1. The Hall–Kier alpha value is -1.89. The molecule has 0 amide bonds. The maximum atomic E-state index is 12.2. The van der Waals surface area contributed by atoms with Crippen LogP contribution in [0, 0.1) is 0 Å². The molecule has 0 radical (unpaired) electrons. The summed E-state index contributed by atoms with van der Waals surface area (Å²) in [7, 11) is -4.80.